The molecule has 2 unspecified atom stereocenters. The van der Waals surface area contributed by atoms with Crippen molar-refractivity contribution in [1.82, 2.24) is 4.90 Å². The fraction of sp³-hybridized carbons (Fsp3) is 1.00. The van der Waals surface area contributed by atoms with Gasteiger partial charge in [-0.15, -0.1) is 0 Å². The largest absolute Gasteiger partial charge is 0.300 e. The molecule has 0 bridgehead atoms. The highest BCUT2D eigenvalue weighted by Gasteiger charge is 2.48. The van der Waals surface area contributed by atoms with Crippen molar-refractivity contribution in [2.24, 2.45) is 17.8 Å². The summed E-state index contributed by atoms with van der Waals surface area (Å²) in [4.78, 5) is 2.79. The van der Waals surface area contributed by atoms with E-state index in [9.17, 15) is 0 Å². The van der Waals surface area contributed by atoms with E-state index >= 15 is 0 Å². The Labute approximate surface area is 120 Å². The van der Waals surface area contributed by atoms with Crippen LogP contribution in [-0.2, 0) is 0 Å². The summed E-state index contributed by atoms with van der Waals surface area (Å²) >= 11 is 0. The summed E-state index contributed by atoms with van der Waals surface area (Å²) in [6, 6.07) is 0. The van der Waals surface area contributed by atoms with Crippen molar-refractivity contribution in [2.75, 3.05) is 13.6 Å². The molecule has 0 aromatic heterocycles. The molecule has 2 atom stereocenters. The molecule has 3 aliphatic rings. The van der Waals surface area contributed by atoms with E-state index in [1.165, 1.54) is 77.2 Å². The van der Waals surface area contributed by atoms with Crippen LogP contribution in [-0.4, -0.2) is 24.0 Å². The highest BCUT2D eigenvalue weighted by atomic mass is 15.2. The molecule has 0 N–H and O–H groups in total. The Morgan fingerprint density at radius 1 is 0.789 bits per heavy atom. The van der Waals surface area contributed by atoms with Crippen LogP contribution in [0.5, 0.6) is 0 Å². The third-order valence-corrected chi connectivity index (χ3v) is 6.98. The topological polar surface area (TPSA) is 3.24 Å². The number of likely N-dealkylation sites (tertiary alicyclic amines) is 1. The summed E-state index contributed by atoms with van der Waals surface area (Å²) in [7, 11) is 2.44. The van der Waals surface area contributed by atoms with Crippen LogP contribution >= 0.6 is 0 Å². The van der Waals surface area contributed by atoms with E-state index in [2.05, 4.69) is 18.9 Å². The van der Waals surface area contributed by atoms with Gasteiger partial charge in [0.25, 0.3) is 0 Å². The van der Waals surface area contributed by atoms with Crippen LogP contribution in [0, 0.1) is 17.8 Å². The minimum Gasteiger partial charge on any atom is -0.300 e. The Kier molecular flexibility index (Phi) is 4.22. The molecule has 3 rings (SSSR count). The van der Waals surface area contributed by atoms with Crippen molar-refractivity contribution in [3.8, 4) is 0 Å². The molecule has 3 fully saturated rings. The lowest BCUT2D eigenvalue weighted by molar-refractivity contribution is -0.000762. The SMILES string of the molecule is CN1CCCCC(C2CCCC2)C1(C)C1CCCC1. The van der Waals surface area contributed by atoms with E-state index < -0.39 is 0 Å². The van der Waals surface area contributed by atoms with E-state index in [-0.39, 0.29) is 0 Å². The second-order valence-electron chi connectivity index (χ2n) is 7.78. The Balaban J connectivity index is 1.87. The second kappa shape index (κ2) is 5.76. The van der Waals surface area contributed by atoms with Gasteiger partial charge in [0.05, 0.1) is 0 Å². The standard InChI is InChI=1S/C18H33N/c1-18(16-11-5-6-12-16)17(15-9-3-4-10-15)13-7-8-14-19(18)2/h15-17H,3-14H2,1-2H3. The summed E-state index contributed by atoms with van der Waals surface area (Å²) in [5, 5.41) is 0. The molecule has 19 heavy (non-hydrogen) atoms. The minimum atomic E-state index is 0.516. The maximum absolute atomic E-state index is 2.79. The van der Waals surface area contributed by atoms with Crippen molar-refractivity contribution in [3.05, 3.63) is 0 Å². The van der Waals surface area contributed by atoms with Gasteiger partial charge in [0.2, 0.25) is 0 Å². The first-order valence-corrected chi connectivity index (χ1v) is 8.94. The number of nitrogens with zero attached hydrogens (tertiary/aromatic N) is 1. The fourth-order valence-electron chi connectivity index (χ4n) is 5.73. The van der Waals surface area contributed by atoms with Gasteiger partial charge >= 0.3 is 0 Å². The third-order valence-electron chi connectivity index (χ3n) is 6.98. The Hall–Kier alpha value is -0.0400. The van der Waals surface area contributed by atoms with Gasteiger partial charge < -0.3 is 4.90 Å². The summed E-state index contributed by atoms with van der Waals surface area (Å²) in [5.41, 5.74) is 0.516. The Morgan fingerprint density at radius 2 is 1.37 bits per heavy atom. The summed E-state index contributed by atoms with van der Waals surface area (Å²) in [6.45, 7) is 3.99. The normalized spacial score (nSPS) is 39.8. The molecular weight excluding hydrogens is 230 g/mol. The molecule has 0 radical (unpaired) electrons. The van der Waals surface area contributed by atoms with Crippen LogP contribution in [0.4, 0.5) is 0 Å². The van der Waals surface area contributed by atoms with Crippen LogP contribution in [0.15, 0.2) is 0 Å². The van der Waals surface area contributed by atoms with Gasteiger partial charge in [0.1, 0.15) is 0 Å². The van der Waals surface area contributed by atoms with Crippen LogP contribution in [0.1, 0.15) is 77.6 Å². The molecule has 0 amide bonds. The van der Waals surface area contributed by atoms with Crippen molar-refractivity contribution in [1.29, 1.82) is 0 Å². The highest BCUT2D eigenvalue weighted by Crippen LogP contribution is 2.50. The first-order chi connectivity index (χ1) is 9.23. The minimum absolute atomic E-state index is 0.516. The number of hydrogen-bond acceptors (Lipinski definition) is 1. The lowest BCUT2D eigenvalue weighted by atomic mass is 9.66. The van der Waals surface area contributed by atoms with E-state index in [1.54, 1.807) is 0 Å². The van der Waals surface area contributed by atoms with Gasteiger partial charge in [0, 0.05) is 5.54 Å². The van der Waals surface area contributed by atoms with Crippen LogP contribution < -0.4 is 0 Å². The molecule has 2 aliphatic carbocycles. The zero-order valence-electron chi connectivity index (χ0n) is 13.2. The van der Waals surface area contributed by atoms with E-state index in [0.29, 0.717) is 5.54 Å². The summed E-state index contributed by atoms with van der Waals surface area (Å²) < 4.78 is 0. The summed E-state index contributed by atoms with van der Waals surface area (Å²) in [6.07, 6.45) is 16.5. The zero-order chi connectivity index (χ0) is 13.3. The first kappa shape index (κ1) is 13.9. The summed E-state index contributed by atoms with van der Waals surface area (Å²) in [5.74, 6) is 3.03. The van der Waals surface area contributed by atoms with Crippen LogP contribution in [0.3, 0.4) is 0 Å². The second-order valence-corrected chi connectivity index (χ2v) is 7.78. The molecule has 0 aromatic rings. The van der Waals surface area contributed by atoms with Gasteiger partial charge in [-0.2, -0.15) is 0 Å². The molecule has 2 saturated carbocycles. The predicted octanol–water partition coefficient (Wildman–Crippen LogP) is 4.86. The molecule has 1 heteroatoms. The average molecular weight is 263 g/mol. The van der Waals surface area contributed by atoms with Crippen molar-refractivity contribution in [2.45, 2.75) is 83.1 Å². The first-order valence-electron chi connectivity index (χ1n) is 8.94. The fourth-order valence-corrected chi connectivity index (χ4v) is 5.73. The van der Waals surface area contributed by atoms with E-state index in [0.717, 1.165) is 17.8 Å². The van der Waals surface area contributed by atoms with Crippen LogP contribution in [0.25, 0.3) is 0 Å². The molecular formula is C18H33N. The zero-order valence-corrected chi connectivity index (χ0v) is 13.2. The number of hydrogen-bond donors (Lipinski definition) is 0. The van der Waals surface area contributed by atoms with E-state index in [4.69, 9.17) is 0 Å². The number of rotatable bonds is 2. The molecule has 1 saturated heterocycles. The lowest BCUT2D eigenvalue weighted by Crippen LogP contribution is -2.55. The van der Waals surface area contributed by atoms with Crippen molar-refractivity contribution >= 4 is 0 Å². The molecule has 1 aliphatic heterocycles. The maximum Gasteiger partial charge on any atom is 0.0237 e. The van der Waals surface area contributed by atoms with Crippen molar-refractivity contribution < 1.29 is 0 Å². The lowest BCUT2D eigenvalue weighted by Gasteiger charge is -2.50. The molecule has 1 nitrogen and oxygen atoms in total. The monoisotopic (exact) mass is 263 g/mol. The van der Waals surface area contributed by atoms with Gasteiger partial charge in [0.15, 0.2) is 0 Å². The molecule has 0 aromatic carbocycles. The smallest absolute Gasteiger partial charge is 0.0237 e. The predicted molar refractivity (Wildman–Crippen MR) is 82.3 cm³/mol. The highest BCUT2D eigenvalue weighted by molar-refractivity contribution is 5.02. The van der Waals surface area contributed by atoms with Crippen LogP contribution in [0.2, 0.25) is 0 Å². The molecule has 110 valence electrons. The Bertz CT molecular complexity index is 288. The average Bonchev–Trinajstić information content (AvgIpc) is 3.08. The quantitative estimate of drug-likeness (QED) is 0.688. The third kappa shape index (κ3) is 2.48. The van der Waals surface area contributed by atoms with Gasteiger partial charge in [-0.05, 0) is 64.0 Å². The van der Waals surface area contributed by atoms with Crippen molar-refractivity contribution in [3.63, 3.8) is 0 Å². The van der Waals surface area contributed by atoms with Gasteiger partial charge in [-0.25, -0.2) is 0 Å². The molecule has 0 spiro atoms. The van der Waals surface area contributed by atoms with E-state index in [1.807, 2.05) is 0 Å². The van der Waals surface area contributed by atoms with Gasteiger partial charge in [-0.3, -0.25) is 0 Å². The van der Waals surface area contributed by atoms with Gasteiger partial charge in [-0.1, -0.05) is 44.9 Å². The Morgan fingerprint density at radius 3 is 2.05 bits per heavy atom. The maximum atomic E-state index is 2.79. The molecule has 1 heterocycles.